The quantitative estimate of drug-likeness (QED) is 0.895. The lowest BCUT2D eigenvalue weighted by atomic mass is 9.82. The Labute approximate surface area is 129 Å². The molecule has 2 rings (SSSR count). The summed E-state index contributed by atoms with van der Waals surface area (Å²) >= 11 is 0. The molecule has 4 heteroatoms. The standard InChI is InChI=1S/C17H30N4/c1-6-8-14-19-15(18-7-2)13(3)16(20-14)21-11-9-17(4,5)10-12-21/h6-12H2,1-5H3,(H,18,19,20). The Morgan fingerprint density at radius 1 is 1.14 bits per heavy atom. The number of anilines is 2. The van der Waals surface area contributed by atoms with Crippen LogP contribution in [-0.2, 0) is 6.42 Å². The maximum atomic E-state index is 4.85. The fourth-order valence-corrected chi connectivity index (χ4v) is 2.86. The summed E-state index contributed by atoms with van der Waals surface area (Å²) in [6.45, 7) is 14.3. The Morgan fingerprint density at radius 2 is 1.81 bits per heavy atom. The third-order valence-corrected chi connectivity index (χ3v) is 4.40. The lowest BCUT2D eigenvalue weighted by Crippen LogP contribution is -2.38. The molecule has 2 heterocycles. The van der Waals surface area contributed by atoms with Gasteiger partial charge in [0.25, 0.3) is 0 Å². The summed E-state index contributed by atoms with van der Waals surface area (Å²) in [4.78, 5) is 12.0. The number of nitrogens with zero attached hydrogens (tertiary/aromatic N) is 3. The fraction of sp³-hybridized carbons (Fsp3) is 0.765. The lowest BCUT2D eigenvalue weighted by Gasteiger charge is -2.38. The zero-order valence-electron chi connectivity index (χ0n) is 14.3. The van der Waals surface area contributed by atoms with Crippen molar-refractivity contribution in [1.29, 1.82) is 0 Å². The Bertz CT molecular complexity index is 472. The number of rotatable bonds is 5. The first kappa shape index (κ1) is 16.1. The second kappa shape index (κ2) is 6.63. The van der Waals surface area contributed by atoms with Crippen molar-refractivity contribution >= 4 is 11.6 Å². The molecule has 0 unspecified atom stereocenters. The number of nitrogens with one attached hydrogen (secondary N) is 1. The summed E-state index contributed by atoms with van der Waals surface area (Å²) in [5, 5.41) is 3.39. The molecule has 1 aromatic heterocycles. The van der Waals surface area contributed by atoms with Crippen LogP contribution in [0.25, 0.3) is 0 Å². The van der Waals surface area contributed by atoms with Gasteiger partial charge >= 0.3 is 0 Å². The van der Waals surface area contributed by atoms with Crippen LogP contribution in [0.2, 0.25) is 0 Å². The van der Waals surface area contributed by atoms with E-state index in [2.05, 4.69) is 49.8 Å². The van der Waals surface area contributed by atoms with E-state index in [1.807, 2.05) is 0 Å². The molecule has 0 spiro atoms. The average molecular weight is 290 g/mol. The second-order valence-electron chi connectivity index (χ2n) is 6.87. The van der Waals surface area contributed by atoms with Crippen molar-refractivity contribution < 1.29 is 0 Å². The van der Waals surface area contributed by atoms with Gasteiger partial charge in [0.05, 0.1) is 0 Å². The van der Waals surface area contributed by atoms with Gasteiger partial charge in [0, 0.05) is 31.6 Å². The van der Waals surface area contributed by atoms with Gasteiger partial charge in [0.2, 0.25) is 0 Å². The molecule has 21 heavy (non-hydrogen) atoms. The van der Waals surface area contributed by atoms with Crippen molar-refractivity contribution in [1.82, 2.24) is 9.97 Å². The van der Waals surface area contributed by atoms with Crippen molar-refractivity contribution in [2.24, 2.45) is 5.41 Å². The molecular formula is C17H30N4. The first-order valence-electron chi connectivity index (χ1n) is 8.33. The van der Waals surface area contributed by atoms with Crippen LogP contribution in [0.1, 0.15) is 58.3 Å². The number of hydrogen-bond donors (Lipinski definition) is 1. The van der Waals surface area contributed by atoms with Gasteiger partial charge in [-0.1, -0.05) is 20.8 Å². The van der Waals surface area contributed by atoms with E-state index < -0.39 is 0 Å². The maximum absolute atomic E-state index is 4.85. The number of hydrogen-bond acceptors (Lipinski definition) is 4. The van der Waals surface area contributed by atoms with E-state index in [1.54, 1.807) is 0 Å². The zero-order valence-corrected chi connectivity index (χ0v) is 14.3. The molecule has 0 aromatic carbocycles. The minimum Gasteiger partial charge on any atom is -0.370 e. The van der Waals surface area contributed by atoms with Gasteiger partial charge in [-0.3, -0.25) is 0 Å². The molecule has 0 bridgehead atoms. The van der Waals surface area contributed by atoms with E-state index >= 15 is 0 Å². The van der Waals surface area contributed by atoms with E-state index in [-0.39, 0.29) is 0 Å². The molecule has 1 N–H and O–H groups in total. The summed E-state index contributed by atoms with van der Waals surface area (Å²) in [5.41, 5.74) is 1.66. The smallest absolute Gasteiger partial charge is 0.137 e. The molecule has 1 aliphatic rings. The highest BCUT2D eigenvalue weighted by atomic mass is 15.2. The molecule has 0 radical (unpaired) electrons. The molecule has 1 fully saturated rings. The van der Waals surface area contributed by atoms with Gasteiger partial charge in [0.15, 0.2) is 0 Å². The zero-order chi connectivity index (χ0) is 15.5. The predicted molar refractivity (Wildman–Crippen MR) is 90.2 cm³/mol. The fourth-order valence-electron chi connectivity index (χ4n) is 2.86. The molecular weight excluding hydrogens is 260 g/mol. The van der Waals surface area contributed by atoms with Crippen LogP contribution in [0.15, 0.2) is 0 Å². The second-order valence-corrected chi connectivity index (χ2v) is 6.87. The van der Waals surface area contributed by atoms with Crippen molar-refractivity contribution in [3.8, 4) is 0 Å². The van der Waals surface area contributed by atoms with E-state index in [0.29, 0.717) is 5.41 Å². The van der Waals surface area contributed by atoms with Gasteiger partial charge in [-0.25, -0.2) is 9.97 Å². The number of aromatic nitrogens is 2. The molecule has 1 aliphatic heterocycles. The molecule has 0 atom stereocenters. The van der Waals surface area contributed by atoms with Crippen LogP contribution in [0.4, 0.5) is 11.6 Å². The number of aryl methyl sites for hydroxylation is 1. The van der Waals surface area contributed by atoms with Crippen molar-refractivity contribution in [3.63, 3.8) is 0 Å². The van der Waals surface area contributed by atoms with Crippen molar-refractivity contribution in [3.05, 3.63) is 11.4 Å². The van der Waals surface area contributed by atoms with Crippen LogP contribution >= 0.6 is 0 Å². The van der Waals surface area contributed by atoms with Crippen LogP contribution < -0.4 is 10.2 Å². The predicted octanol–water partition coefficient (Wildman–Crippen LogP) is 3.80. The van der Waals surface area contributed by atoms with Crippen LogP contribution in [0.5, 0.6) is 0 Å². The molecule has 1 saturated heterocycles. The van der Waals surface area contributed by atoms with Gasteiger partial charge in [-0.05, 0) is 38.5 Å². The van der Waals surface area contributed by atoms with Crippen molar-refractivity contribution in [2.45, 2.75) is 60.3 Å². The summed E-state index contributed by atoms with van der Waals surface area (Å²) in [7, 11) is 0. The van der Waals surface area contributed by atoms with Gasteiger partial charge < -0.3 is 10.2 Å². The van der Waals surface area contributed by atoms with Crippen LogP contribution in [0, 0.1) is 12.3 Å². The van der Waals surface area contributed by atoms with Crippen LogP contribution in [-0.4, -0.2) is 29.6 Å². The highest BCUT2D eigenvalue weighted by molar-refractivity contribution is 5.59. The third kappa shape index (κ3) is 3.86. The first-order valence-corrected chi connectivity index (χ1v) is 8.33. The van der Waals surface area contributed by atoms with E-state index in [4.69, 9.17) is 4.98 Å². The highest BCUT2D eigenvalue weighted by Crippen LogP contribution is 2.33. The Kier molecular flexibility index (Phi) is 5.07. The van der Waals surface area contributed by atoms with E-state index in [1.165, 1.54) is 18.4 Å². The summed E-state index contributed by atoms with van der Waals surface area (Å²) in [6, 6.07) is 0. The normalized spacial score (nSPS) is 17.9. The molecule has 0 saturated carbocycles. The topological polar surface area (TPSA) is 41.1 Å². The lowest BCUT2D eigenvalue weighted by molar-refractivity contribution is 0.279. The molecule has 4 nitrogen and oxygen atoms in total. The molecule has 0 amide bonds. The summed E-state index contributed by atoms with van der Waals surface area (Å²) in [5.74, 6) is 3.12. The third-order valence-electron chi connectivity index (χ3n) is 4.40. The Hall–Kier alpha value is -1.32. The van der Waals surface area contributed by atoms with E-state index in [9.17, 15) is 0 Å². The summed E-state index contributed by atoms with van der Waals surface area (Å²) < 4.78 is 0. The first-order chi connectivity index (χ1) is 9.96. The molecule has 118 valence electrons. The SMILES string of the molecule is CCCc1nc(NCC)c(C)c(N2CCC(C)(C)CC2)n1. The average Bonchev–Trinajstić information content (AvgIpc) is 2.43. The molecule has 0 aliphatic carbocycles. The largest absolute Gasteiger partial charge is 0.370 e. The Balaban J connectivity index is 2.28. The summed E-state index contributed by atoms with van der Waals surface area (Å²) in [6.07, 6.45) is 4.50. The highest BCUT2D eigenvalue weighted by Gasteiger charge is 2.27. The van der Waals surface area contributed by atoms with Gasteiger partial charge in [-0.2, -0.15) is 0 Å². The Morgan fingerprint density at radius 3 is 2.38 bits per heavy atom. The maximum Gasteiger partial charge on any atom is 0.137 e. The monoisotopic (exact) mass is 290 g/mol. The van der Waals surface area contributed by atoms with E-state index in [0.717, 1.165) is 49.9 Å². The minimum absolute atomic E-state index is 0.466. The minimum atomic E-state index is 0.466. The van der Waals surface area contributed by atoms with Gasteiger partial charge in [0.1, 0.15) is 17.5 Å². The molecule has 1 aromatic rings. The van der Waals surface area contributed by atoms with Gasteiger partial charge in [-0.15, -0.1) is 0 Å². The number of piperidine rings is 1. The van der Waals surface area contributed by atoms with Crippen molar-refractivity contribution in [2.75, 3.05) is 29.9 Å². The van der Waals surface area contributed by atoms with Crippen LogP contribution in [0.3, 0.4) is 0 Å².